The smallest absolute Gasteiger partial charge is 0.375 e. The lowest BCUT2D eigenvalue weighted by Gasteiger charge is -2.09. The number of rotatable bonds is 3. The molecule has 124 valence electrons. The zero-order valence-electron chi connectivity index (χ0n) is 11.9. The van der Waals surface area contributed by atoms with Gasteiger partial charge in [0.15, 0.2) is 16.6 Å². The van der Waals surface area contributed by atoms with E-state index in [1.54, 1.807) is 0 Å². The van der Waals surface area contributed by atoms with E-state index in [9.17, 15) is 13.2 Å². The zero-order chi connectivity index (χ0) is 17.3. The first-order valence-corrected chi connectivity index (χ1v) is 6.95. The number of benzene rings is 1. The predicted molar refractivity (Wildman–Crippen MR) is 85.2 cm³/mol. The minimum Gasteiger partial charge on any atom is -0.375 e. The van der Waals surface area contributed by atoms with E-state index in [2.05, 4.69) is 38.1 Å². The first-order valence-electron chi connectivity index (χ1n) is 6.54. The highest BCUT2D eigenvalue weighted by Crippen LogP contribution is 2.30. The van der Waals surface area contributed by atoms with Crippen molar-refractivity contribution >= 4 is 34.2 Å². The van der Waals surface area contributed by atoms with Gasteiger partial charge in [0.1, 0.15) is 6.33 Å². The topological polar surface area (TPSA) is 93.7 Å². The van der Waals surface area contributed by atoms with E-state index in [1.165, 1.54) is 29.3 Å². The third-order valence-corrected chi connectivity index (χ3v) is 3.21. The SMILES string of the molecule is NC(=S)NNc1ncnc2c1cnn2-c1ccc(C(F)(F)F)cc1. The van der Waals surface area contributed by atoms with E-state index in [-0.39, 0.29) is 5.11 Å². The van der Waals surface area contributed by atoms with Crippen LogP contribution < -0.4 is 16.6 Å². The summed E-state index contributed by atoms with van der Waals surface area (Å²) in [5.41, 5.74) is 10.7. The average molecular weight is 353 g/mol. The van der Waals surface area contributed by atoms with Crippen LogP contribution in [0, 0.1) is 0 Å². The summed E-state index contributed by atoms with van der Waals surface area (Å²) in [4.78, 5) is 8.14. The molecule has 0 aliphatic carbocycles. The van der Waals surface area contributed by atoms with Crippen molar-refractivity contribution in [2.45, 2.75) is 6.18 Å². The van der Waals surface area contributed by atoms with Gasteiger partial charge < -0.3 is 5.73 Å². The van der Waals surface area contributed by atoms with Crippen molar-refractivity contribution < 1.29 is 13.2 Å². The maximum atomic E-state index is 12.6. The van der Waals surface area contributed by atoms with Gasteiger partial charge in [-0.1, -0.05) is 0 Å². The Labute approximate surface area is 138 Å². The van der Waals surface area contributed by atoms with E-state index in [0.717, 1.165) is 12.1 Å². The van der Waals surface area contributed by atoms with Crippen molar-refractivity contribution in [3.63, 3.8) is 0 Å². The van der Waals surface area contributed by atoms with Crippen LogP contribution in [0.5, 0.6) is 0 Å². The van der Waals surface area contributed by atoms with Gasteiger partial charge in [-0.05, 0) is 36.5 Å². The minimum absolute atomic E-state index is 0.0249. The standard InChI is InChI=1S/C13H10F3N7S/c14-13(15,16)7-1-3-8(4-2-7)23-11-9(5-20-23)10(18-6-19-11)21-22-12(17)24/h1-6H,(H3,17,22,24)(H,18,19,21). The summed E-state index contributed by atoms with van der Waals surface area (Å²) in [5.74, 6) is 0.381. The van der Waals surface area contributed by atoms with Gasteiger partial charge in [-0.15, -0.1) is 0 Å². The molecule has 0 fully saturated rings. The lowest BCUT2D eigenvalue weighted by Crippen LogP contribution is -2.34. The summed E-state index contributed by atoms with van der Waals surface area (Å²) in [7, 11) is 0. The number of hydrazine groups is 1. The van der Waals surface area contributed by atoms with Crippen molar-refractivity contribution in [2.24, 2.45) is 5.73 Å². The van der Waals surface area contributed by atoms with Crippen LogP contribution in [0.15, 0.2) is 36.8 Å². The second-order valence-electron chi connectivity index (χ2n) is 4.67. The van der Waals surface area contributed by atoms with Crippen LogP contribution in [0.2, 0.25) is 0 Å². The lowest BCUT2D eigenvalue weighted by atomic mass is 10.2. The molecule has 0 unspecified atom stereocenters. The van der Waals surface area contributed by atoms with Crippen LogP contribution in [0.25, 0.3) is 16.7 Å². The van der Waals surface area contributed by atoms with Crippen molar-refractivity contribution in [2.75, 3.05) is 5.43 Å². The molecule has 11 heteroatoms. The predicted octanol–water partition coefficient (Wildman–Crippen LogP) is 1.99. The van der Waals surface area contributed by atoms with Gasteiger partial charge in [-0.2, -0.15) is 18.3 Å². The minimum atomic E-state index is -4.39. The number of nitrogens with one attached hydrogen (secondary N) is 2. The molecule has 2 heterocycles. The molecule has 3 rings (SSSR count). The number of nitrogens with two attached hydrogens (primary N) is 1. The molecule has 0 amide bonds. The highest BCUT2D eigenvalue weighted by molar-refractivity contribution is 7.80. The normalized spacial score (nSPS) is 11.5. The van der Waals surface area contributed by atoms with Gasteiger partial charge in [0, 0.05) is 0 Å². The van der Waals surface area contributed by atoms with Crippen molar-refractivity contribution in [3.05, 3.63) is 42.4 Å². The molecule has 0 spiro atoms. The molecule has 3 aromatic rings. The highest BCUT2D eigenvalue weighted by atomic mass is 32.1. The van der Waals surface area contributed by atoms with Crippen LogP contribution in [0.3, 0.4) is 0 Å². The first kappa shape index (κ1) is 15.9. The average Bonchev–Trinajstić information content (AvgIpc) is 2.96. The van der Waals surface area contributed by atoms with Crippen molar-refractivity contribution in [1.82, 2.24) is 25.2 Å². The quantitative estimate of drug-likeness (QED) is 0.490. The molecule has 1 aromatic carbocycles. The van der Waals surface area contributed by atoms with E-state index < -0.39 is 11.7 Å². The van der Waals surface area contributed by atoms with Crippen LogP contribution in [-0.4, -0.2) is 24.9 Å². The third-order valence-electron chi connectivity index (χ3n) is 3.11. The van der Waals surface area contributed by atoms with E-state index in [1.807, 2.05) is 0 Å². The Morgan fingerprint density at radius 2 is 1.88 bits per heavy atom. The summed E-state index contributed by atoms with van der Waals surface area (Å²) < 4.78 is 39.3. The summed E-state index contributed by atoms with van der Waals surface area (Å²) >= 11 is 4.69. The maximum Gasteiger partial charge on any atom is 0.416 e. The molecule has 4 N–H and O–H groups in total. The third kappa shape index (κ3) is 3.06. The van der Waals surface area contributed by atoms with Gasteiger partial charge in [-0.25, -0.2) is 14.6 Å². The maximum absolute atomic E-state index is 12.6. The van der Waals surface area contributed by atoms with Crippen molar-refractivity contribution in [3.8, 4) is 5.69 Å². The largest absolute Gasteiger partial charge is 0.416 e. The van der Waals surface area contributed by atoms with Gasteiger partial charge >= 0.3 is 6.18 Å². The Morgan fingerprint density at radius 3 is 2.50 bits per heavy atom. The summed E-state index contributed by atoms with van der Waals surface area (Å²) in [6, 6.07) is 4.60. The number of hydrogen-bond donors (Lipinski definition) is 3. The Balaban J connectivity index is 1.99. The van der Waals surface area contributed by atoms with Crippen LogP contribution in [0.4, 0.5) is 19.0 Å². The van der Waals surface area contributed by atoms with Crippen LogP contribution in [0.1, 0.15) is 5.56 Å². The fourth-order valence-electron chi connectivity index (χ4n) is 2.05. The molecule has 0 atom stereocenters. The molecule has 7 nitrogen and oxygen atoms in total. The number of alkyl halides is 3. The second kappa shape index (κ2) is 5.92. The molecular weight excluding hydrogens is 343 g/mol. The fraction of sp³-hybridized carbons (Fsp3) is 0.0769. The summed E-state index contributed by atoms with van der Waals surface area (Å²) in [6.45, 7) is 0. The van der Waals surface area contributed by atoms with Gasteiger partial charge in [0.05, 0.1) is 22.8 Å². The van der Waals surface area contributed by atoms with E-state index >= 15 is 0 Å². The first-order chi connectivity index (χ1) is 11.4. The molecule has 0 saturated heterocycles. The Kier molecular flexibility index (Phi) is 3.93. The van der Waals surface area contributed by atoms with Gasteiger partial charge in [0.25, 0.3) is 0 Å². The molecule has 0 aliphatic rings. The molecular formula is C13H10F3N7S. The number of halogens is 3. The Bertz CT molecular complexity index is 889. The number of hydrogen-bond acceptors (Lipinski definition) is 5. The molecule has 0 saturated carbocycles. The van der Waals surface area contributed by atoms with Crippen molar-refractivity contribution in [1.29, 1.82) is 0 Å². The number of fused-ring (bicyclic) bond motifs is 1. The molecule has 2 aromatic heterocycles. The molecule has 0 radical (unpaired) electrons. The van der Waals surface area contributed by atoms with E-state index in [4.69, 9.17) is 5.73 Å². The molecule has 24 heavy (non-hydrogen) atoms. The monoisotopic (exact) mass is 353 g/mol. The number of anilines is 1. The highest BCUT2D eigenvalue weighted by Gasteiger charge is 2.30. The summed E-state index contributed by atoms with van der Waals surface area (Å²) in [5, 5.41) is 4.71. The number of thiocarbonyl (C=S) groups is 1. The Hall–Kier alpha value is -2.95. The number of nitrogens with zero attached hydrogens (tertiary/aromatic N) is 4. The van der Waals surface area contributed by atoms with Crippen LogP contribution >= 0.6 is 12.2 Å². The fourth-order valence-corrected chi connectivity index (χ4v) is 2.10. The summed E-state index contributed by atoms with van der Waals surface area (Å²) in [6.07, 6.45) is -1.62. The lowest BCUT2D eigenvalue weighted by molar-refractivity contribution is -0.137. The van der Waals surface area contributed by atoms with Gasteiger partial charge in [0.2, 0.25) is 0 Å². The second-order valence-corrected chi connectivity index (χ2v) is 5.11. The van der Waals surface area contributed by atoms with Crippen LogP contribution in [-0.2, 0) is 6.18 Å². The molecule has 0 aliphatic heterocycles. The molecule has 0 bridgehead atoms. The zero-order valence-corrected chi connectivity index (χ0v) is 12.7. The number of aromatic nitrogens is 4. The Morgan fingerprint density at radius 1 is 1.17 bits per heavy atom. The van der Waals surface area contributed by atoms with E-state index in [0.29, 0.717) is 22.5 Å². The van der Waals surface area contributed by atoms with Gasteiger partial charge in [-0.3, -0.25) is 10.9 Å².